The van der Waals surface area contributed by atoms with E-state index in [4.69, 9.17) is 0 Å². The molecule has 0 spiro atoms. The van der Waals surface area contributed by atoms with Crippen molar-refractivity contribution in [2.45, 2.75) is 13.1 Å². The van der Waals surface area contributed by atoms with E-state index in [-0.39, 0.29) is 5.52 Å². The van der Waals surface area contributed by atoms with Gasteiger partial charge in [-0.3, -0.25) is 0 Å². The molecule has 3 nitrogen and oxygen atoms in total. The molecule has 0 aliphatic carbocycles. The molecule has 3 aromatic rings. The van der Waals surface area contributed by atoms with Gasteiger partial charge >= 0.3 is 6.18 Å². The number of pyridine rings is 1. The smallest absolute Gasteiger partial charge is 0.240 e. The van der Waals surface area contributed by atoms with Crippen molar-refractivity contribution in [3.05, 3.63) is 53.9 Å². The molecule has 0 aliphatic rings. The highest BCUT2D eigenvalue weighted by atomic mass is 19.4. The Balaban J connectivity index is 2.09. The third-order valence-corrected chi connectivity index (χ3v) is 3.00. The third kappa shape index (κ3) is 2.69. The zero-order chi connectivity index (χ0) is 15.0. The van der Waals surface area contributed by atoms with E-state index in [2.05, 4.69) is 15.0 Å². The van der Waals surface area contributed by atoms with Crippen LogP contribution >= 0.6 is 0 Å². The molecule has 21 heavy (non-hydrogen) atoms. The predicted molar refractivity (Wildman–Crippen MR) is 72.5 cm³/mol. The van der Waals surface area contributed by atoms with E-state index in [0.29, 0.717) is 11.3 Å². The van der Waals surface area contributed by atoms with E-state index in [9.17, 15) is 13.2 Å². The molecule has 0 saturated heterocycles. The van der Waals surface area contributed by atoms with Crippen molar-refractivity contribution in [3.8, 4) is 11.4 Å². The molecule has 0 bridgehead atoms. The van der Waals surface area contributed by atoms with Crippen LogP contribution in [0, 0.1) is 6.92 Å². The number of hydrogen-bond donors (Lipinski definition) is 0. The van der Waals surface area contributed by atoms with Crippen molar-refractivity contribution in [1.29, 1.82) is 0 Å². The Morgan fingerprint density at radius 2 is 1.76 bits per heavy atom. The fraction of sp³-hybridized carbons (Fsp3) is 0.133. The first kappa shape index (κ1) is 13.5. The van der Waals surface area contributed by atoms with Crippen LogP contribution in [0.1, 0.15) is 11.3 Å². The Hall–Kier alpha value is -2.50. The summed E-state index contributed by atoms with van der Waals surface area (Å²) < 4.78 is 37.8. The van der Waals surface area contributed by atoms with Gasteiger partial charge in [-0.2, -0.15) is 13.2 Å². The number of benzene rings is 1. The molecule has 106 valence electrons. The second-order valence-corrected chi connectivity index (χ2v) is 4.66. The average Bonchev–Trinajstić information content (AvgIpc) is 2.45. The molecule has 0 saturated carbocycles. The normalized spacial score (nSPS) is 11.8. The number of alkyl halides is 3. The van der Waals surface area contributed by atoms with Gasteiger partial charge in [-0.25, -0.2) is 15.0 Å². The summed E-state index contributed by atoms with van der Waals surface area (Å²) in [6.45, 7) is 1.95. The molecule has 6 heteroatoms. The number of nitrogens with zero attached hydrogens (tertiary/aromatic N) is 3. The van der Waals surface area contributed by atoms with Crippen molar-refractivity contribution < 1.29 is 13.2 Å². The van der Waals surface area contributed by atoms with Gasteiger partial charge in [0.25, 0.3) is 0 Å². The van der Waals surface area contributed by atoms with Crippen molar-refractivity contribution >= 4 is 11.0 Å². The summed E-state index contributed by atoms with van der Waals surface area (Å²) in [5, 5.41) is 0. The van der Waals surface area contributed by atoms with Crippen LogP contribution in [0.15, 0.2) is 42.6 Å². The van der Waals surface area contributed by atoms with Crippen LogP contribution in [0.3, 0.4) is 0 Å². The first-order valence-corrected chi connectivity index (χ1v) is 6.21. The van der Waals surface area contributed by atoms with Crippen LogP contribution in [0.5, 0.6) is 0 Å². The summed E-state index contributed by atoms with van der Waals surface area (Å²) in [5.74, 6) is 0.466. The molecule has 0 aliphatic heterocycles. The lowest BCUT2D eigenvalue weighted by molar-refractivity contribution is -0.140. The van der Waals surface area contributed by atoms with E-state index in [1.54, 1.807) is 0 Å². The molecular formula is C15H10F3N3. The van der Waals surface area contributed by atoms with Crippen LogP contribution < -0.4 is 0 Å². The maximum Gasteiger partial charge on any atom is 0.433 e. The minimum Gasteiger partial charge on any atom is -0.240 e. The van der Waals surface area contributed by atoms with Gasteiger partial charge in [0.15, 0.2) is 5.82 Å². The van der Waals surface area contributed by atoms with Gasteiger partial charge in [0, 0.05) is 5.56 Å². The van der Waals surface area contributed by atoms with Crippen LogP contribution in [-0.2, 0) is 6.18 Å². The average molecular weight is 289 g/mol. The standard InChI is InChI=1S/C15H10F3N3/c1-9-3-2-4-10(7-9)14-19-8-12-11(21-14)5-6-13(20-12)15(16,17)18/h2-8H,1H3. The maximum atomic E-state index is 12.6. The lowest BCUT2D eigenvalue weighted by atomic mass is 10.1. The minimum absolute atomic E-state index is 0.126. The zero-order valence-electron chi connectivity index (χ0n) is 11.0. The lowest BCUT2D eigenvalue weighted by Gasteiger charge is -2.07. The fourth-order valence-corrected chi connectivity index (χ4v) is 2.00. The van der Waals surface area contributed by atoms with Crippen molar-refractivity contribution in [2.24, 2.45) is 0 Å². The number of rotatable bonds is 1. The summed E-state index contributed by atoms with van der Waals surface area (Å²) in [7, 11) is 0. The number of hydrogen-bond acceptors (Lipinski definition) is 3. The van der Waals surface area contributed by atoms with E-state index in [1.165, 1.54) is 12.3 Å². The van der Waals surface area contributed by atoms with E-state index in [0.717, 1.165) is 17.2 Å². The van der Waals surface area contributed by atoms with Gasteiger partial charge in [-0.15, -0.1) is 0 Å². The first-order chi connectivity index (χ1) is 9.93. The number of aryl methyl sites for hydroxylation is 1. The molecule has 1 aromatic carbocycles. The number of halogens is 3. The molecule has 0 radical (unpaired) electrons. The van der Waals surface area contributed by atoms with Crippen molar-refractivity contribution in [3.63, 3.8) is 0 Å². The summed E-state index contributed by atoms with van der Waals surface area (Å²) in [5.41, 5.74) is 1.44. The summed E-state index contributed by atoms with van der Waals surface area (Å²) >= 11 is 0. The van der Waals surface area contributed by atoms with Gasteiger partial charge < -0.3 is 0 Å². The van der Waals surface area contributed by atoms with Crippen molar-refractivity contribution in [1.82, 2.24) is 15.0 Å². The Kier molecular flexibility index (Phi) is 3.08. The third-order valence-electron chi connectivity index (χ3n) is 3.00. The van der Waals surface area contributed by atoms with Gasteiger partial charge in [0.05, 0.1) is 11.7 Å². The molecule has 0 fully saturated rings. The second kappa shape index (κ2) is 4.80. The van der Waals surface area contributed by atoms with Crippen molar-refractivity contribution in [2.75, 3.05) is 0 Å². The van der Waals surface area contributed by atoms with Gasteiger partial charge in [0.2, 0.25) is 0 Å². The van der Waals surface area contributed by atoms with E-state index < -0.39 is 11.9 Å². The first-order valence-electron chi connectivity index (χ1n) is 6.21. The molecule has 3 rings (SSSR count). The fourth-order valence-electron chi connectivity index (χ4n) is 2.00. The Morgan fingerprint density at radius 3 is 2.48 bits per heavy atom. The van der Waals surface area contributed by atoms with Gasteiger partial charge in [-0.05, 0) is 25.1 Å². The van der Waals surface area contributed by atoms with Crippen LogP contribution in [0.4, 0.5) is 13.2 Å². The topological polar surface area (TPSA) is 38.7 Å². The lowest BCUT2D eigenvalue weighted by Crippen LogP contribution is -2.08. The van der Waals surface area contributed by atoms with Crippen LogP contribution in [-0.4, -0.2) is 15.0 Å². The van der Waals surface area contributed by atoms with E-state index in [1.807, 2.05) is 31.2 Å². The molecular weight excluding hydrogens is 279 g/mol. The Labute approximate surface area is 118 Å². The highest BCUT2D eigenvalue weighted by Gasteiger charge is 2.32. The molecule has 2 heterocycles. The highest BCUT2D eigenvalue weighted by molar-refractivity contribution is 5.75. The summed E-state index contributed by atoms with van der Waals surface area (Å²) in [4.78, 5) is 11.9. The zero-order valence-corrected chi connectivity index (χ0v) is 11.0. The minimum atomic E-state index is -4.47. The maximum absolute atomic E-state index is 12.6. The van der Waals surface area contributed by atoms with E-state index >= 15 is 0 Å². The molecule has 0 unspecified atom stereocenters. The largest absolute Gasteiger partial charge is 0.433 e. The van der Waals surface area contributed by atoms with Gasteiger partial charge in [0.1, 0.15) is 11.2 Å². The summed E-state index contributed by atoms with van der Waals surface area (Å²) in [6.07, 6.45) is -3.15. The number of fused-ring (bicyclic) bond motifs is 1. The van der Waals surface area contributed by atoms with Crippen LogP contribution in [0.25, 0.3) is 22.4 Å². The molecule has 0 amide bonds. The highest BCUT2D eigenvalue weighted by Crippen LogP contribution is 2.29. The monoisotopic (exact) mass is 289 g/mol. The quantitative estimate of drug-likeness (QED) is 0.679. The molecule has 0 atom stereocenters. The Bertz CT molecular complexity index is 813. The molecule has 2 aromatic heterocycles. The van der Waals surface area contributed by atoms with Gasteiger partial charge in [-0.1, -0.05) is 23.8 Å². The second-order valence-electron chi connectivity index (χ2n) is 4.66. The van der Waals surface area contributed by atoms with Crippen LogP contribution in [0.2, 0.25) is 0 Å². The predicted octanol–water partition coefficient (Wildman–Crippen LogP) is 4.02. The SMILES string of the molecule is Cc1cccc(-c2ncc3nc(C(F)(F)F)ccc3n2)c1. The summed E-state index contributed by atoms with van der Waals surface area (Å²) in [6, 6.07) is 9.83. The number of aromatic nitrogens is 3. The Morgan fingerprint density at radius 1 is 0.952 bits per heavy atom. The molecule has 0 N–H and O–H groups in total.